The summed E-state index contributed by atoms with van der Waals surface area (Å²) in [4.78, 5) is 12.9. The van der Waals surface area contributed by atoms with E-state index < -0.39 is 5.91 Å². The first-order valence-electron chi connectivity index (χ1n) is 8.75. The normalized spacial score (nSPS) is 11.5. The van der Waals surface area contributed by atoms with Crippen LogP contribution in [0.1, 0.15) is 23.0 Å². The number of benzene rings is 2. The molecule has 0 saturated carbocycles. The summed E-state index contributed by atoms with van der Waals surface area (Å²) < 4.78 is 5.94. The van der Waals surface area contributed by atoms with E-state index in [4.69, 9.17) is 17.3 Å². The summed E-state index contributed by atoms with van der Waals surface area (Å²) in [5, 5.41) is 20.0. The van der Waals surface area contributed by atoms with Gasteiger partial charge < -0.3 is 5.73 Å². The van der Waals surface area contributed by atoms with E-state index in [0.717, 1.165) is 0 Å². The Hall–Kier alpha value is -4.05. The van der Waals surface area contributed by atoms with Crippen LogP contribution in [0, 0.1) is 0 Å². The molecule has 3 N–H and O–H groups in total. The molecule has 0 bridgehead atoms. The van der Waals surface area contributed by atoms with Crippen LogP contribution < -0.4 is 11.2 Å². The fourth-order valence-corrected chi connectivity index (χ4v) is 3.05. The highest BCUT2D eigenvalue weighted by Crippen LogP contribution is 2.26. The zero-order chi connectivity index (χ0) is 21.1. The van der Waals surface area contributed by atoms with Crippen LogP contribution in [0.15, 0.2) is 64.3 Å². The molecule has 0 aliphatic heterocycles. The lowest BCUT2D eigenvalue weighted by atomic mass is 10.1. The summed E-state index contributed by atoms with van der Waals surface area (Å²) in [6.45, 7) is 1.73. The van der Waals surface area contributed by atoms with Gasteiger partial charge in [-0.25, -0.2) is 10.1 Å². The van der Waals surface area contributed by atoms with Crippen LogP contribution in [-0.2, 0) is 0 Å². The van der Waals surface area contributed by atoms with Gasteiger partial charge in [-0.2, -0.15) is 9.78 Å². The maximum absolute atomic E-state index is 12.9. The Morgan fingerprint density at radius 2 is 1.87 bits per heavy atom. The average molecular weight is 423 g/mol. The Morgan fingerprint density at radius 1 is 1.13 bits per heavy atom. The van der Waals surface area contributed by atoms with Gasteiger partial charge in [0, 0.05) is 16.1 Å². The number of aromatic nitrogens is 5. The number of carbonyl (C=O) groups excluding carboxylic acids is 1. The van der Waals surface area contributed by atoms with E-state index >= 15 is 0 Å². The van der Waals surface area contributed by atoms with Gasteiger partial charge in [0.15, 0.2) is 5.69 Å². The van der Waals surface area contributed by atoms with Crippen molar-refractivity contribution in [3.63, 3.8) is 0 Å². The molecular weight excluding hydrogens is 408 g/mol. The molecule has 150 valence electrons. The van der Waals surface area contributed by atoms with Crippen molar-refractivity contribution < 1.29 is 9.42 Å². The third kappa shape index (κ3) is 3.63. The SMILES string of the molecule is C/C(=N/NC(=O)c1nnn(-c2nonc2N)c1-c1ccccc1)c1ccccc1Cl. The standard InChI is InChI=1S/C19H15ClN8O2/c1-11(13-9-5-6-10-14(13)20)22-24-19(29)15-16(12-7-3-2-4-8-12)28(27-23-15)18-17(21)25-30-26-18/h2-10H,1H3,(H2,21,25)(H,24,29)/b22-11-. The number of anilines is 1. The third-order valence-corrected chi connectivity index (χ3v) is 4.55. The number of carbonyl (C=O) groups is 1. The summed E-state index contributed by atoms with van der Waals surface area (Å²) in [6, 6.07) is 16.3. The van der Waals surface area contributed by atoms with Gasteiger partial charge in [0.2, 0.25) is 11.6 Å². The van der Waals surface area contributed by atoms with Gasteiger partial charge in [0.05, 0.1) is 5.71 Å². The summed E-state index contributed by atoms with van der Waals surface area (Å²) in [6.07, 6.45) is 0. The molecule has 0 spiro atoms. The molecule has 10 nitrogen and oxygen atoms in total. The molecule has 2 aromatic heterocycles. The van der Waals surface area contributed by atoms with Crippen molar-refractivity contribution in [2.75, 3.05) is 5.73 Å². The monoisotopic (exact) mass is 422 g/mol. The van der Waals surface area contributed by atoms with Crippen LogP contribution in [0.3, 0.4) is 0 Å². The number of nitrogen functional groups attached to an aromatic ring is 1. The van der Waals surface area contributed by atoms with Crippen LogP contribution in [-0.4, -0.2) is 36.9 Å². The minimum atomic E-state index is -0.568. The van der Waals surface area contributed by atoms with Crippen LogP contribution in [0.2, 0.25) is 5.02 Å². The highest BCUT2D eigenvalue weighted by atomic mass is 35.5. The van der Waals surface area contributed by atoms with Gasteiger partial charge in [0.25, 0.3) is 5.91 Å². The Labute approximate surface area is 175 Å². The maximum Gasteiger partial charge on any atom is 0.294 e. The quantitative estimate of drug-likeness (QED) is 0.372. The van der Waals surface area contributed by atoms with Gasteiger partial charge in [-0.1, -0.05) is 65.3 Å². The number of nitrogens with zero attached hydrogens (tertiary/aromatic N) is 6. The molecule has 0 atom stereocenters. The molecular formula is C19H15ClN8O2. The predicted octanol–water partition coefficient (Wildman–Crippen LogP) is 2.71. The Bertz CT molecular complexity index is 1230. The highest BCUT2D eigenvalue weighted by Gasteiger charge is 2.25. The second kappa shape index (κ2) is 8.13. The zero-order valence-electron chi connectivity index (χ0n) is 15.7. The fraction of sp³-hybridized carbons (Fsp3) is 0.0526. The van der Waals surface area contributed by atoms with Crippen molar-refractivity contribution in [3.8, 4) is 17.1 Å². The molecule has 0 fully saturated rings. The van der Waals surface area contributed by atoms with Gasteiger partial charge in [-0.15, -0.1) is 5.10 Å². The van der Waals surface area contributed by atoms with Crippen LogP contribution >= 0.6 is 11.6 Å². The minimum Gasteiger partial charge on any atom is -0.378 e. The van der Waals surface area contributed by atoms with Crippen molar-refractivity contribution >= 4 is 29.0 Å². The zero-order valence-corrected chi connectivity index (χ0v) is 16.4. The summed E-state index contributed by atoms with van der Waals surface area (Å²) in [5.41, 5.74) is 10.6. The van der Waals surface area contributed by atoms with E-state index in [2.05, 4.69) is 35.8 Å². The molecule has 0 saturated heterocycles. The number of nitrogens with two attached hydrogens (primary N) is 1. The molecule has 4 aromatic rings. The number of rotatable bonds is 5. The maximum atomic E-state index is 12.9. The number of halogens is 1. The van der Waals surface area contributed by atoms with Crippen molar-refractivity contribution in [2.45, 2.75) is 6.92 Å². The van der Waals surface area contributed by atoms with E-state index in [-0.39, 0.29) is 17.3 Å². The molecule has 0 aliphatic rings. The Kier molecular flexibility index (Phi) is 5.22. The number of hydrogen-bond acceptors (Lipinski definition) is 8. The topological polar surface area (TPSA) is 137 Å². The molecule has 0 aliphatic carbocycles. The summed E-state index contributed by atoms with van der Waals surface area (Å²) >= 11 is 6.18. The lowest BCUT2D eigenvalue weighted by Crippen LogP contribution is -2.21. The van der Waals surface area contributed by atoms with Gasteiger partial charge in [-0.3, -0.25) is 4.79 Å². The van der Waals surface area contributed by atoms with E-state index in [1.165, 1.54) is 4.68 Å². The molecule has 0 radical (unpaired) electrons. The minimum absolute atomic E-state index is 0.0108. The highest BCUT2D eigenvalue weighted by molar-refractivity contribution is 6.34. The predicted molar refractivity (Wildman–Crippen MR) is 110 cm³/mol. The van der Waals surface area contributed by atoms with E-state index in [1.54, 1.807) is 31.2 Å². The molecule has 2 aromatic carbocycles. The van der Waals surface area contributed by atoms with Crippen molar-refractivity contribution in [1.29, 1.82) is 0 Å². The smallest absolute Gasteiger partial charge is 0.294 e. The molecule has 1 amide bonds. The first kappa shape index (κ1) is 19.3. The third-order valence-electron chi connectivity index (χ3n) is 4.22. The van der Waals surface area contributed by atoms with Crippen LogP contribution in [0.25, 0.3) is 17.1 Å². The van der Waals surface area contributed by atoms with Gasteiger partial charge >= 0.3 is 0 Å². The van der Waals surface area contributed by atoms with E-state index in [9.17, 15) is 4.79 Å². The summed E-state index contributed by atoms with van der Waals surface area (Å²) in [7, 11) is 0. The first-order chi connectivity index (χ1) is 14.6. The molecule has 0 unspecified atom stereocenters. The van der Waals surface area contributed by atoms with Gasteiger partial charge in [-0.05, 0) is 23.3 Å². The Morgan fingerprint density at radius 3 is 2.57 bits per heavy atom. The van der Waals surface area contributed by atoms with Crippen LogP contribution in [0.4, 0.5) is 5.82 Å². The largest absolute Gasteiger partial charge is 0.378 e. The molecule has 11 heteroatoms. The molecule has 30 heavy (non-hydrogen) atoms. The molecule has 2 heterocycles. The summed E-state index contributed by atoms with van der Waals surface area (Å²) in [5.74, 6) is -0.436. The van der Waals surface area contributed by atoms with E-state index in [0.29, 0.717) is 27.6 Å². The van der Waals surface area contributed by atoms with E-state index in [1.807, 2.05) is 30.3 Å². The van der Waals surface area contributed by atoms with Crippen LogP contribution in [0.5, 0.6) is 0 Å². The lowest BCUT2D eigenvalue weighted by Gasteiger charge is -2.06. The lowest BCUT2D eigenvalue weighted by molar-refractivity contribution is 0.0950. The number of amides is 1. The molecule has 4 rings (SSSR count). The van der Waals surface area contributed by atoms with Crippen molar-refractivity contribution in [1.82, 2.24) is 30.7 Å². The second-order valence-electron chi connectivity index (χ2n) is 6.16. The van der Waals surface area contributed by atoms with Gasteiger partial charge in [0.1, 0.15) is 5.69 Å². The van der Waals surface area contributed by atoms with Crippen molar-refractivity contribution in [3.05, 3.63) is 70.9 Å². The Balaban J connectivity index is 1.71. The number of hydrogen-bond donors (Lipinski definition) is 2. The number of nitrogens with one attached hydrogen (secondary N) is 1. The fourth-order valence-electron chi connectivity index (χ4n) is 2.78. The number of hydrazone groups is 1. The first-order valence-corrected chi connectivity index (χ1v) is 9.13. The van der Waals surface area contributed by atoms with Crippen molar-refractivity contribution in [2.24, 2.45) is 5.10 Å². The average Bonchev–Trinajstić information content (AvgIpc) is 3.38. The second-order valence-corrected chi connectivity index (χ2v) is 6.56.